The van der Waals surface area contributed by atoms with E-state index in [-0.39, 0.29) is 30.5 Å². The third-order valence-corrected chi connectivity index (χ3v) is 4.55. The van der Waals surface area contributed by atoms with Crippen LogP contribution in [-0.2, 0) is 19.1 Å². The van der Waals surface area contributed by atoms with Gasteiger partial charge in [-0.2, -0.15) is 0 Å². The molecule has 0 aromatic carbocycles. The fourth-order valence-corrected chi connectivity index (χ4v) is 3.25. The van der Waals surface area contributed by atoms with Crippen LogP contribution in [0.5, 0.6) is 0 Å². The summed E-state index contributed by atoms with van der Waals surface area (Å²) in [6, 6.07) is 0. The Kier molecular flexibility index (Phi) is 9.87. The van der Waals surface area contributed by atoms with E-state index in [1.165, 1.54) is 0 Å². The number of carbonyl (C=O) groups is 2. The molecule has 0 aromatic rings. The Bertz CT molecular complexity index is 349. The van der Waals surface area contributed by atoms with Gasteiger partial charge in [-0.05, 0) is 32.1 Å². The van der Waals surface area contributed by atoms with E-state index in [0.29, 0.717) is 6.54 Å². The maximum absolute atomic E-state index is 12.4. The first-order valence-corrected chi connectivity index (χ1v) is 8.65. The van der Waals surface area contributed by atoms with Gasteiger partial charge in [-0.25, -0.2) is 0 Å². The molecule has 1 amide bonds. The van der Waals surface area contributed by atoms with Crippen LogP contribution in [0.4, 0.5) is 0 Å². The van der Waals surface area contributed by atoms with Crippen LogP contribution in [0.15, 0.2) is 0 Å². The summed E-state index contributed by atoms with van der Waals surface area (Å²) in [7, 11) is 3.31. The van der Waals surface area contributed by atoms with Crippen molar-refractivity contribution in [1.82, 2.24) is 5.32 Å². The molecule has 0 aliphatic heterocycles. The fourth-order valence-electron chi connectivity index (χ4n) is 3.25. The molecule has 1 aliphatic rings. The summed E-state index contributed by atoms with van der Waals surface area (Å²) in [4.78, 5) is 22.8. The van der Waals surface area contributed by atoms with Crippen molar-refractivity contribution >= 4 is 11.9 Å². The Morgan fingerprint density at radius 1 is 1.00 bits per heavy atom. The van der Waals surface area contributed by atoms with Crippen LogP contribution in [0.2, 0.25) is 0 Å². The number of carboxylic acid groups (broad SMARTS) is 1. The van der Waals surface area contributed by atoms with Crippen molar-refractivity contribution in [3.8, 4) is 0 Å². The Morgan fingerprint density at radius 2 is 1.57 bits per heavy atom. The summed E-state index contributed by atoms with van der Waals surface area (Å²) in [6.45, 7) is 0.654. The summed E-state index contributed by atoms with van der Waals surface area (Å²) in [5.74, 6) is -0.936. The number of unbranched alkanes of at least 4 members (excludes halogenated alkanes) is 4. The van der Waals surface area contributed by atoms with Crippen LogP contribution in [-0.4, -0.2) is 50.0 Å². The van der Waals surface area contributed by atoms with Crippen LogP contribution in [0.25, 0.3) is 0 Å². The van der Waals surface area contributed by atoms with Crippen molar-refractivity contribution in [2.75, 3.05) is 20.8 Å². The molecular weight excluding hydrogens is 298 g/mol. The van der Waals surface area contributed by atoms with Gasteiger partial charge in [-0.3, -0.25) is 9.59 Å². The van der Waals surface area contributed by atoms with Crippen molar-refractivity contribution in [1.29, 1.82) is 0 Å². The first kappa shape index (κ1) is 19.9. The van der Waals surface area contributed by atoms with Gasteiger partial charge in [-0.15, -0.1) is 0 Å². The molecular formula is C17H31NO5. The van der Waals surface area contributed by atoms with Crippen LogP contribution >= 0.6 is 0 Å². The number of ether oxygens (including phenoxy) is 2. The highest BCUT2D eigenvalue weighted by molar-refractivity contribution is 5.80. The zero-order valence-electron chi connectivity index (χ0n) is 14.4. The summed E-state index contributed by atoms with van der Waals surface area (Å²) in [5.41, 5.74) is 0. The molecule has 6 nitrogen and oxygen atoms in total. The van der Waals surface area contributed by atoms with Crippen LogP contribution in [0.3, 0.4) is 0 Å². The number of nitrogens with one attached hydrogen (secondary N) is 1. The van der Waals surface area contributed by atoms with Gasteiger partial charge in [0, 0.05) is 27.2 Å². The number of rotatable bonds is 11. The second kappa shape index (κ2) is 11.4. The van der Waals surface area contributed by atoms with E-state index in [0.717, 1.165) is 51.4 Å². The molecule has 23 heavy (non-hydrogen) atoms. The molecule has 0 heterocycles. The first-order valence-electron chi connectivity index (χ1n) is 8.65. The molecule has 134 valence electrons. The normalized spacial score (nSPS) is 24.3. The highest BCUT2D eigenvalue weighted by atomic mass is 16.5. The van der Waals surface area contributed by atoms with Crippen molar-refractivity contribution < 1.29 is 24.2 Å². The quantitative estimate of drug-likeness (QED) is 0.568. The van der Waals surface area contributed by atoms with Crippen molar-refractivity contribution in [2.45, 2.75) is 70.0 Å². The highest BCUT2D eigenvalue weighted by Gasteiger charge is 2.38. The zero-order valence-corrected chi connectivity index (χ0v) is 14.4. The minimum absolute atomic E-state index is 0.0225. The van der Waals surface area contributed by atoms with Crippen LogP contribution in [0, 0.1) is 5.92 Å². The largest absolute Gasteiger partial charge is 0.481 e. The monoisotopic (exact) mass is 329 g/mol. The molecule has 2 unspecified atom stereocenters. The number of hydrogen-bond donors (Lipinski definition) is 2. The molecule has 2 N–H and O–H groups in total. The smallest absolute Gasteiger partial charge is 0.303 e. The minimum Gasteiger partial charge on any atom is -0.481 e. The van der Waals surface area contributed by atoms with E-state index in [9.17, 15) is 9.59 Å². The van der Waals surface area contributed by atoms with E-state index in [1.54, 1.807) is 14.2 Å². The second-order valence-corrected chi connectivity index (χ2v) is 6.21. The van der Waals surface area contributed by atoms with Gasteiger partial charge in [0.25, 0.3) is 0 Å². The fraction of sp³-hybridized carbons (Fsp3) is 0.882. The molecule has 1 aliphatic carbocycles. The van der Waals surface area contributed by atoms with Gasteiger partial charge >= 0.3 is 5.97 Å². The van der Waals surface area contributed by atoms with Gasteiger partial charge in [0.2, 0.25) is 5.91 Å². The Morgan fingerprint density at radius 3 is 2.13 bits per heavy atom. The molecule has 0 radical (unpaired) electrons. The molecule has 0 spiro atoms. The maximum Gasteiger partial charge on any atom is 0.303 e. The van der Waals surface area contributed by atoms with E-state index in [4.69, 9.17) is 14.6 Å². The van der Waals surface area contributed by atoms with E-state index >= 15 is 0 Å². The molecule has 1 rings (SSSR count). The lowest BCUT2D eigenvalue weighted by Crippen LogP contribution is -2.48. The van der Waals surface area contributed by atoms with Gasteiger partial charge in [-0.1, -0.05) is 19.3 Å². The highest BCUT2D eigenvalue weighted by Crippen LogP contribution is 2.29. The number of methoxy groups -OCH3 is 2. The lowest BCUT2D eigenvalue weighted by Gasteiger charge is -2.35. The lowest BCUT2D eigenvalue weighted by molar-refractivity contribution is -0.141. The minimum atomic E-state index is -0.731. The SMILES string of the molecule is COC1CCCC(OC)C1C(=O)NCCCCCCCC(=O)O. The Labute approximate surface area is 138 Å². The molecule has 1 fully saturated rings. The van der Waals surface area contributed by atoms with Crippen molar-refractivity contribution in [3.63, 3.8) is 0 Å². The van der Waals surface area contributed by atoms with Crippen LogP contribution in [0.1, 0.15) is 57.8 Å². The molecule has 2 atom stereocenters. The molecule has 0 aromatic heterocycles. The molecule has 1 saturated carbocycles. The summed E-state index contributed by atoms with van der Waals surface area (Å²) in [6.07, 6.45) is 7.53. The zero-order chi connectivity index (χ0) is 17.1. The van der Waals surface area contributed by atoms with Gasteiger partial charge in [0.1, 0.15) is 0 Å². The predicted octanol–water partition coefficient (Wildman–Crippen LogP) is 2.36. The number of aliphatic carboxylic acids is 1. The number of amides is 1. The van der Waals surface area contributed by atoms with Crippen molar-refractivity contribution in [3.05, 3.63) is 0 Å². The Hall–Kier alpha value is -1.14. The van der Waals surface area contributed by atoms with Gasteiger partial charge < -0.3 is 19.9 Å². The number of hydrogen-bond acceptors (Lipinski definition) is 4. The molecule has 0 saturated heterocycles. The number of carbonyl (C=O) groups excluding carboxylic acids is 1. The Balaban J connectivity index is 2.20. The van der Waals surface area contributed by atoms with E-state index < -0.39 is 5.97 Å². The standard InChI is InChI=1S/C17H31NO5/c1-22-13-9-8-10-14(23-2)16(13)17(21)18-12-7-5-3-4-6-11-15(19)20/h13-14,16H,3-12H2,1-2H3,(H,18,21)(H,19,20). The van der Waals surface area contributed by atoms with Gasteiger partial charge in [0.05, 0.1) is 18.1 Å². The van der Waals surface area contributed by atoms with E-state index in [2.05, 4.69) is 5.32 Å². The van der Waals surface area contributed by atoms with Crippen molar-refractivity contribution in [2.24, 2.45) is 5.92 Å². The topological polar surface area (TPSA) is 84.9 Å². The summed E-state index contributed by atoms with van der Waals surface area (Å²) < 4.78 is 10.9. The third-order valence-electron chi connectivity index (χ3n) is 4.55. The van der Waals surface area contributed by atoms with E-state index in [1.807, 2.05) is 0 Å². The molecule has 0 bridgehead atoms. The third kappa shape index (κ3) is 7.31. The predicted molar refractivity (Wildman–Crippen MR) is 87.3 cm³/mol. The first-order chi connectivity index (χ1) is 11.1. The summed E-state index contributed by atoms with van der Waals surface area (Å²) >= 11 is 0. The lowest BCUT2D eigenvalue weighted by atomic mass is 9.83. The second-order valence-electron chi connectivity index (χ2n) is 6.21. The van der Waals surface area contributed by atoms with Crippen LogP contribution < -0.4 is 5.32 Å². The van der Waals surface area contributed by atoms with Gasteiger partial charge in [0.15, 0.2) is 0 Å². The summed E-state index contributed by atoms with van der Waals surface area (Å²) in [5, 5.41) is 11.6. The maximum atomic E-state index is 12.4. The molecule has 6 heteroatoms. The average Bonchev–Trinajstić information content (AvgIpc) is 2.55. The average molecular weight is 329 g/mol. The number of carboxylic acids is 1.